The summed E-state index contributed by atoms with van der Waals surface area (Å²) in [5, 5.41) is 8.79. The highest BCUT2D eigenvalue weighted by Crippen LogP contribution is 2.35. The number of nitrogens with two attached hydrogens (primary N) is 1. The van der Waals surface area contributed by atoms with Crippen molar-refractivity contribution in [3.63, 3.8) is 0 Å². The van der Waals surface area contributed by atoms with Crippen molar-refractivity contribution in [1.29, 1.82) is 0 Å². The van der Waals surface area contributed by atoms with Gasteiger partial charge in [-0.05, 0) is 50.1 Å². The molecular formula is C19H22N4OS. The summed E-state index contributed by atoms with van der Waals surface area (Å²) < 4.78 is 2.16. The largest absolute Gasteiger partial charge is 0.399 e. The number of thiophene rings is 1. The van der Waals surface area contributed by atoms with Gasteiger partial charge in [-0.1, -0.05) is 19.3 Å². The van der Waals surface area contributed by atoms with Gasteiger partial charge in [0.05, 0.1) is 16.6 Å². The third-order valence-corrected chi connectivity index (χ3v) is 6.00. The second-order valence-electron chi connectivity index (χ2n) is 6.73. The summed E-state index contributed by atoms with van der Waals surface area (Å²) in [6.07, 6.45) is 6.21. The van der Waals surface area contributed by atoms with Crippen LogP contribution in [0.3, 0.4) is 0 Å². The molecule has 0 bridgehead atoms. The van der Waals surface area contributed by atoms with Crippen LogP contribution in [0, 0.1) is 6.92 Å². The van der Waals surface area contributed by atoms with E-state index in [9.17, 15) is 4.79 Å². The molecular weight excluding hydrogens is 332 g/mol. The number of carbonyl (C=O) groups excluding carboxylic acids is 1. The molecule has 0 aliphatic heterocycles. The highest BCUT2D eigenvalue weighted by atomic mass is 32.1. The molecule has 1 aliphatic carbocycles. The fourth-order valence-electron chi connectivity index (χ4n) is 3.52. The zero-order valence-corrected chi connectivity index (χ0v) is 15.1. The number of nitrogens with zero attached hydrogens (tertiary/aromatic N) is 2. The van der Waals surface area contributed by atoms with E-state index in [4.69, 9.17) is 10.8 Å². The quantitative estimate of drug-likeness (QED) is 0.667. The second kappa shape index (κ2) is 6.52. The van der Waals surface area contributed by atoms with Crippen molar-refractivity contribution in [2.24, 2.45) is 0 Å². The highest BCUT2D eigenvalue weighted by molar-refractivity contribution is 7.20. The van der Waals surface area contributed by atoms with Gasteiger partial charge in [0.15, 0.2) is 0 Å². The van der Waals surface area contributed by atoms with Crippen molar-refractivity contribution in [3.05, 3.63) is 40.9 Å². The first-order valence-electron chi connectivity index (χ1n) is 8.77. The molecule has 0 unspecified atom stereocenters. The third kappa shape index (κ3) is 3.14. The summed E-state index contributed by atoms with van der Waals surface area (Å²) in [5.41, 5.74) is 8.13. The first-order valence-corrected chi connectivity index (χ1v) is 9.59. The molecule has 1 aromatic carbocycles. The molecule has 2 aromatic heterocycles. The number of hydrogen-bond acceptors (Lipinski definition) is 4. The normalized spacial score (nSPS) is 15.6. The van der Waals surface area contributed by atoms with Crippen LogP contribution in [0.1, 0.15) is 53.5 Å². The Balaban J connectivity index is 1.62. The van der Waals surface area contributed by atoms with E-state index in [1.807, 2.05) is 25.1 Å². The number of hydrogen-bond donors (Lipinski definition) is 2. The Hall–Kier alpha value is -2.34. The van der Waals surface area contributed by atoms with E-state index in [2.05, 4.69) is 10.00 Å². The van der Waals surface area contributed by atoms with E-state index < -0.39 is 0 Å². The Morgan fingerprint density at radius 1 is 1.24 bits per heavy atom. The maximum atomic E-state index is 12.6. The average Bonchev–Trinajstić information content (AvgIpc) is 3.19. The topological polar surface area (TPSA) is 72.9 Å². The van der Waals surface area contributed by atoms with Gasteiger partial charge in [0, 0.05) is 16.8 Å². The SMILES string of the molecule is Cc1nn(C2CCCCC2)c2sc(C(=O)Nc3ccc(N)cc3)cc12. The molecule has 0 saturated heterocycles. The number of aryl methyl sites for hydroxylation is 1. The lowest BCUT2D eigenvalue weighted by atomic mass is 9.96. The molecule has 4 rings (SSSR count). The number of fused-ring (bicyclic) bond motifs is 1. The lowest BCUT2D eigenvalue weighted by Crippen LogP contribution is -2.14. The van der Waals surface area contributed by atoms with Crippen molar-refractivity contribution in [2.75, 3.05) is 11.1 Å². The molecule has 0 atom stereocenters. The Morgan fingerprint density at radius 2 is 1.96 bits per heavy atom. The fourth-order valence-corrected chi connectivity index (χ4v) is 4.64. The van der Waals surface area contributed by atoms with Gasteiger partial charge < -0.3 is 11.1 Å². The van der Waals surface area contributed by atoms with Crippen LogP contribution in [-0.2, 0) is 0 Å². The van der Waals surface area contributed by atoms with Gasteiger partial charge in [0.1, 0.15) is 4.83 Å². The standard InChI is InChI=1S/C19H22N4OS/c1-12-16-11-17(18(24)21-14-9-7-13(20)8-10-14)25-19(16)23(22-12)15-5-3-2-4-6-15/h7-11,15H,2-6,20H2,1H3,(H,21,24). The fraction of sp³-hybridized carbons (Fsp3) is 0.368. The smallest absolute Gasteiger partial charge is 0.265 e. The van der Waals surface area contributed by atoms with Crippen molar-refractivity contribution < 1.29 is 4.79 Å². The Morgan fingerprint density at radius 3 is 2.68 bits per heavy atom. The monoisotopic (exact) mass is 354 g/mol. The number of aromatic nitrogens is 2. The van der Waals surface area contributed by atoms with Crippen molar-refractivity contribution in [2.45, 2.75) is 45.1 Å². The van der Waals surface area contributed by atoms with Gasteiger partial charge in [-0.2, -0.15) is 5.10 Å². The molecule has 1 amide bonds. The van der Waals surface area contributed by atoms with Gasteiger partial charge in [0.2, 0.25) is 0 Å². The van der Waals surface area contributed by atoms with Crippen molar-refractivity contribution in [1.82, 2.24) is 9.78 Å². The number of carbonyl (C=O) groups is 1. The van der Waals surface area contributed by atoms with E-state index in [0.29, 0.717) is 11.7 Å². The Bertz CT molecular complexity index is 904. The first-order chi connectivity index (χ1) is 12.1. The zero-order chi connectivity index (χ0) is 17.4. The van der Waals surface area contributed by atoms with Gasteiger partial charge in [-0.25, -0.2) is 0 Å². The third-order valence-electron chi connectivity index (χ3n) is 4.88. The summed E-state index contributed by atoms with van der Waals surface area (Å²) in [4.78, 5) is 14.4. The molecule has 130 valence electrons. The summed E-state index contributed by atoms with van der Waals surface area (Å²) in [7, 11) is 0. The van der Waals surface area contributed by atoms with Gasteiger partial charge >= 0.3 is 0 Å². The summed E-state index contributed by atoms with van der Waals surface area (Å²) in [6.45, 7) is 2.02. The van der Waals surface area contributed by atoms with Crippen LogP contribution < -0.4 is 11.1 Å². The van der Waals surface area contributed by atoms with Gasteiger partial charge in [-0.3, -0.25) is 9.48 Å². The van der Waals surface area contributed by atoms with Crippen LogP contribution in [0.2, 0.25) is 0 Å². The molecule has 1 saturated carbocycles. The minimum Gasteiger partial charge on any atom is -0.399 e. The lowest BCUT2D eigenvalue weighted by molar-refractivity contribution is 0.103. The van der Waals surface area contributed by atoms with Crippen LogP contribution in [0.25, 0.3) is 10.2 Å². The number of nitrogens with one attached hydrogen (secondary N) is 1. The van der Waals surface area contributed by atoms with Crippen LogP contribution in [0.4, 0.5) is 11.4 Å². The number of anilines is 2. The van der Waals surface area contributed by atoms with Crippen LogP contribution in [-0.4, -0.2) is 15.7 Å². The maximum absolute atomic E-state index is 12.6. The van der Waals surface area contributed by atoms with Crippen molar-refractivity contribution in [3.8, 4) is 0 Å². The van der Waals surface area contributed by atoms with Gasteiger partial charge in [-0.15, -0.1) is 11.3 Å². The summed E-state index contributed by atoms with van der Waals surface area (Å²) in [6, 6.07) is 9.63. The van der Waals surface area contributed by atoms with E-state index >= 15 is 0 Å². The highest BCUT2D eigenvalue weighted by Gasteiger charge is 2.22. The number of nitrogen functional groups attached to an aromatic ring is 1. The number of benzene rings is 1. The number of amides is 1. The van der Waals surface area contributed by atoms with Gasteiger partial charge in [0.25, 0.3) is 5.91 Å². The predicted molar refractivity (Wildman–Crippen MR) is 103 cm³/mol. The van der Waals surface area contributed by atoms with Crippen LogP contribution in [0.5, 0.6) is 0 Å². The number of rotatable bonds is 3. The molecule has 6 heteroatoms. The molecule has 1 aliphatic rings. The predicted octanol–water partition coefficient (Wildman–Crippen LogP) is 4.75. The summed E-state index contributed by atoms with van der Waals surface area (Å²) in [5.74, 6) is -0.0828. The average molecular weight is 354 g/mol. The van der Waals surface area contributed by atoms with Crippen LogP contribution >= 0.6 is 11.3 Å². The van der Waals surface area contributed by atoms with Crippen molar-refractivity contribution >= 4 is 38.8 Å². The van der Waals surface area contributed by atoms with E-state index in [1.165, 1.54) is 43.4 Å². The molecule has 1 fully saturated rings. The minimum absolute atomic E-state index is 0.0828. The molecule has 5 nitrogen and oxygen atoms in total. The molecule has 25 heavy (non-hydrogen) atoms. The van der Waals surface area contributed by atoms with E-state index in [0.717, 1.165) is 26.5 Å². The molecule has 0 radical (unpaired) electrons. The summed E-state index contributed by atoms with van der Waals surface area (Å²) >= 11 is 1.53. The molecule has 3 N–H and O–H groups in total. The zero-order valence-electron chi connectivity index (χ0n) is 14.3. The van der Waals surface area contributed by atoms with E-state index in [1.54, 1.807) is 12.1 Å². The minimum atomic E-state index is -0.0828. The Labute approximate surface area is 150 Å². The first kappa shape index (κ1) is 16.1. The van der Waals surface area contributed by atoms with E-state index in [-0.39, 0.29) is 5.91 Å². The molecule has 2 heterocycles. The Kier molecular flexibility index (Phi) is 4.21. The maximum Gasteiger partial charge on any atom is 0.265 e. The van der Waals surface area contributed by atoms with Crippen LogP contribution in [0.15, 0.2) is 30.3 Å². The molecule has 0 spiro atoms. The lowest BCUT2D eigenvalue weighted by Gasteiger charge is -2.22. The molecule has 3 aromatic rings. The second-order valence-corrected chi connectivity index (χ2v) is 7.76.